The van der Waals surface area contributed by atoms with Crippen molar-refractivity contribution in [3.05, 3.63) is 0 Å². The highest BCUT2D eigenvalue weighted by molar-refractivity contribution is 4.77. The summed E-state index contributed by atoms with van der Waals surface area (Å²) in [4.78, 5) is 0. The first kappa shape index (κ1) is 8.02. The van der Waals surface area contributed by atoms with Crippen LogP contribution in [0.2, 0.25) is 0 Å². The molecule has 0 saturated carbocycles. The molecule has 1 aliphatic heterocycles. The van der Waals surface area contributed by atoms with Crippen molar-refractivity contribution in [3.63, 3.8) is 0 Å². The van der Waals surface area contributed by atoms with Gasteiger partial charge in [0.1, 0.15) is 5.72 Å². The van der Waals surface area contributed by atoms with Gasteiger partial charge in [0, 0.05) is 0 Å². The van der Waals surface area contributed by atoms with Crippen molar-refractivity contribution in [2.75, 3.05) is 13.2 Å². The van der Waals surface area contributed by atoms with Crippen LogP contribution in [-0.2, 0) is 4.74 Å². The Hall–Kier alpha value is -0.0800. The molecule has 1 heterocycles. The summed E-state index contributed by atoms with van der Waals surface area (Å²) in [5, 5.41) is 3.41. The van der Waals surface area contributed by atoms with E-state index in [4.69, 9.17) is 4.74 Å². The monoisotopic (exact) mass is 143 g/mol. The molecule has 1 aliphatic rings. The Morgan fingerprint density at radius 1 is 1.40 bits per heavy atom. The Morgan fingerprint density at radius 2 is 2.10 bits per heavy atom. The summed E-state index contributed by atoms with van der Waals surface area (Å²) in [5.41, 5.74) is 0.0122. The summed E-state index contributed by atoms with van der Waals surface area (Å²) in [6.45, 7) is 6.38. The zero-order valence-electron chi connectivity index (χ0n) is 6.94. The predicted octanol–water partition coefficient (Wildman–Crippen LogP) is 1.51. The lowest BCUT2D eigenvalue weighted by atomic mass is 10.1. The van der Waals surface area contributed by atoms with Gasteiger partial charge in [-0.3, -0.25) is 5.32 Å². The van der Waals surface area contributed by atoms with Crippen molar-refractivity contribution in [1.82, 2.24) is 5.32 Å². The highest BCUT2D eigenvalue weighted by Crippen LogP contribution is 2.19. The van der Waals surface area contributed by atoms with Gasteiger partial charge in [-0.15, -0.1) is 0 Å². The van der Waals surface area contributed by atoms with E-state index in [1.165, 1.54) is 0 Å². The zero-order valence-corrected chi connectivity index (χ0v) is 6.94. The molecule has 0 aromatic heterocycles. The third kappa shape index (κ3) is 1.50. The summed E-state index contributed by atoms with van der Waals surface area (Å²) >= 11 is 0. The van der Waals surface area contributed by atoms with E-state index in [9.17, 15) is 0 Å². The Balaban J connectivity index is 2.44. The molecule has 10 heavy (non-hydrogen) atoms. The zero-order chi connectivity index (χ0) is 7.45. The topological polar surface area (TPSA) is 21.3 Å². The van der Waals surface area contributed by atoms with E-state index in [1.54, 1.807) is 0 Å². The van der Waals surface area contributed by atoms with Crippen LogP contribution >= 0.6 is 0 Å². The van der Waals surface area contributed by atoms with Crippen LogP contribution in [0.1, 0.15) is 33.1 Å². The second-order valence-electron chi connectivity index (χ2n) is 2.83. The van der Waals surface area contributed by atoms with Crippen LogP contribution in [0.3, 0.4) is 0 Å². The molecule has 0 aromatic rings. The van der Waals surface area contributed by atoms with Crippen molar-refractivity contribution in [2.45, 2.75) is 38.8 Å². The molecule has 1 fully saturated rings. The maximum absolute atomic E-state index is 5.65. The lowest BCUT2D eigenvalue weighted by molar-refractivity contribution is -0.0996. The molecule has 1 N–H and O–H groups in total. The summed E-state index contributed by atoms with van der Waals surface area (Å²) in [7, 11) is 0. The first-order chi connectivity index (χ1) is 4.83. The lowest BCUT2D eigenvalue weighted by Gasteiger charge is -2.36. The number of ether oxygens (including phenoxy) is 1. The minimum atomic E-state index is 0.0122. The molecule has 0 spiro atoms. The van der Waals surface area contributed by atoms with Gasteiger partial charge in [0.2, 0.25) is 0 Å². The van der Waals surface area contributed by atoms with E-state index in [2.05, 4.69) is 19.2 Å². The molecular formula is C8H17NO. The average Bonchev–Trinajstić information content (AvgIpc) is 2.06. The minimum absolute atomic E-state index is 0.0122. The van der Waals surface area contributed by atoms with Crippen LogP contribution in [0.5, 0.6) is 0 Å². The number of hydrogen-bond donors (Lipinski definition) is 1. The molecular weight excluding hydrogens is 126 g/mol. The standard InChI is InChI=1S/C8H17NO/c1-3-8(4-2)9-6-5-7-10-8/h9H,3-7H2,1-2H3. The second kappa shape index (κ2) is 3.35. The highest BCUT2D eigenvalue weighted by Gasteiger charge is 2.27. The molecule has 0 aromatic carbocycles. The second-order valence-corrected chi connectivity index (χ2v) is 2.83. The van der Waals surface area contributed by atoms with Crippen LogP contribution in [0.15, 0.2) is 0 Å². The lowest BCUT2D eigenvalue weighted by Crippen LogP contribution is -2.50. The molecule has 0 aliphatic carbocycles. The Kier molecular flexibility index (Phi) is 2.69. The largest absolute Gasteiger partial charge is 0.361 e. The van der Waals surface area contributed by atoms with Crippen molar-refractivity contribution in [3.8, 4) is 0 Å². The molecule has 0 radical (unpaired) electrons. The van der Waals surface area contributed by atoms with Gasteiger partial charge in [-0.2, -0.15) is 0 Å². The van der Waals surface area contributed by atoms with Gasteiger partial charge < -0.3 is 4.74 Å². The fraction of sp³-hybridized carbons (Fsp3) is 1.00. The van der Waals surface area contributed by atoms with Crippen LogP contribution in [0.25, 0.3) is 0 Å². The van der Waals surface area contributed by atoms with Gasteiger partial charge in [0.25, 0.3) is 0 Å². The summed E-state index contributed by atoms with van der Waals surface area (Å²) < 4.78 is 5.65. The van der Waals surface area contributed by atoms with Gasteiger partial charge in [-0.1, -0.05) is 13.8 Å². The van der Waals surface area contributed by atoms with E-state index in [0.29, 0.717) is 0 Å². The van der Waals surface area contributed by atoms with Crippen molar-refractivity contribution in [1.29, 1.82) is 0 Å². The summed E-state index contributed by atoms with van der Waals surface area (Å²) in [6, 6.07) is 0. The predicted molar refractivity (Wildman–Crippen MR) is 41.9 cm³/mol. The van der Waals surface area contributed by atoms with E-state index < -0.39 is 0 Å². The van der Waals surface area contributed by atoms with Crippen LogP contribution < -0.4 is 5.32 Å². The molecule has 0 amide bonds. The maximum Gasteiger partial charge on any atom is 0.118 e. The van der Waals surface area contributed by atoms with Crippen molar-refractivity contribution in [2.24, 2.45) is 0 Å². The van der Waals surface area contributed by atoms with Crippen molar-refractivity contribution < 1.29 is 4.74 Å². The van der Waals surface area contributed by atoms with Gasteiger partial charge in [-0.25, -0.2) is 0 Å². The Labute approximate surface area is 63.0 Å². The molecule has 1 rings (SSSR count). The molecule has 2 nitrogen and oxygen atoms in total. The highest BCUT2D eigenvalue weighted by atomic mass is 16.5. The van der Waals surface area contributed by atoms with E-state index in [-0.39, 0.29) is 5.72 Å². The molecule has 2 heteroatoms. The van der Waals surface area contributed by atoms with Crippen LogP contribution in [-0.4, -0.2) is 18.9 Å². The molecule has 0 atom stereocenters. The van der Waals surface area contributed by atoms with Crippen molar-refractivity contribution >= 4 is 0 Å². The van der Waals surface area contributed by atoms with E-state index >= 15 is 0 Å². The first-order valence-corrected chi connectivity index (χ1v) is 4.22. The van der Waals surface area contributed by atoms with Gasteiger partial charge in [0.05, 0.1) is 6.61 Å². The molecule has 0 unspecified atom stereocenters. The fourth-order valence-electron chi connectivity index (χ4n) is 1.41. The summed E-state index contributed by atoms with van der Waals surface area (Å²) in [5.74, 6) is 0. The first-order valence-electron chi connectivity index (χ1n) is 4.22. The Bertz CT molecular complexity index is 91.4. The molecule has 60 valence electrons. The average molecular weight is 143 g/mol. The number of hydrogen-bond acceptors (Lipinski definition) is 2. The van der Waals surface area contributed by atoms with E-state index in [0.717, 1.165) is 32.4 Å². The molecule has 1 saturated heterocycles. The Morgan fingerprint density at radius 3 is 2.40 bits per heavy atom. The maximum atomic E-state index is 5.65. The van der Waals surface area contributed by atoms with Gasteiger partial charge >= 0.3 is 0 Å². The smallest absolute Gasteiger partial charge is 0.118 e. The number of nitrogens with one attached hydrogen (secondary N) is 1. The van der Waals surface area contributed by atoms with E-state index in [1.807, 2.05) is 0 Å². The van der Waals surface area contributed by atoms with Gasteiger partial charge in [0.15, 0.2) is 0 Å². The summed E-state index contributed by atoms with van der Waals surface area (Å²) in [6.07, 6.45) is 3.30. The van der Waals surface area contributed by atoms with Crippen LogP contribution in [0.4, 0.5) is 0 Å². The SMILES string of the molecule is CCC1(CC)NCCCO1. The van der Waals surface area contributed by atoms with Gasteiger partial charge in [-0.05, 0) is 25.8 Å². The quantitative estimate of drug-likeness (QED) is 0.632. The third-order valence-corrected chi connectivity index (χ3v) is 2.29. The number of rotatable bonds is 2. The molecule has 0 bridgehead atoms. The normalized spacial score (nSPS) is 24.6. The van der Waals surface area contributed by atoms with Crippen LogP contribution in [0, 0.1) is 0 Å². The fourth-order valence-corrected chi connectivity index (χ4v) is 1.41. The minimum Gasteiger partial charge on any atom is -0.361 e. The third-order valence-electron chi connectivity index (χ3n) is 2.29.